The molecule has 12 heteroatoms. The highest BCUT2D eigenvalue weighted by molar-refractivity contribution is 5.79. The molecule has 8 aliphatic heterocycles. The van der Waals surface area contributed by atoms with E-state index in [2.05, 4.69) is 18.5 Å². The van der Waals surface area contributed by atoms with Crippen molar-refractivity contribution >= 4 is 5.78 Å². The van der Waals surface area contributed by atoms with Crippen LogP contribution in [-0.2, 0) is 38.0 Å². The van der Waals surface area contributed by atoms with Gasteiger partial charge in [-0.25, -0.2) is 0 Å². The SMILES string of the molecule is C=C1C[C@@H]2CC[C@@]3(O)C[C@@H](O)[C@@H]4CC5[C@H]4O[C@H]4CC[C@H](CC(=O)C[C@@H]6[C@@H](OC)[C@@H](C[C@H](O)CNC)O[C@H]6C[C@H]6O[C@H](CCC6=C)CC[C@@H]1O2)O[C@@H]4[C@@H]5O3. The summed E-state index contributed by atoms with van der Waals surface area (Å²) in [6.45, 7) is 9.19. The molecule has 9 aliphatic rings. The van der Waals surface area contributed by atoms with E-state index in [0.717, 1.165) is 56.1 Å². The molecule has 0 aromatic carbocycles. The summed E-state index contributed by atoms with van der Waals surface area (Å²) in [5.74, 6) is -1.70. The van der Waals surface area contributed by atoms with Crippen molar-refractivity contribution in [3.05, 3.63) is 24.3 Å². The minimum atomic E-state index is -1.53. The summed E-state index contributed by atoms with van der Waals surface area (Å²) in [5, 5.41) is 37.1. The lowest BCUT2D eigenvalue weighted by Crippen LogP contribution is -2.70. The number of carbonyl (C=O) groups is 1. The van der Waals surface area contributed by atoms with Gasteiger partial charge in [-0.15, -0.1) is 0 Å². The van der Waals surface area contributed by atoms with Crippen LogP contribution in [0.15, 0.2) is 24.3 Å². The molecule has 8 heterocycles. The minimum absolute atomic E-state index is 0.0140. The summed E-state index contributed by atoms with van der Waals surface area (Å²) in [6, 6.07) is 0. The first-order chi connectivity index (χ1) is 25.5. The number of likely N-dealkylation sites (N-methyl/N-ethyl adjacent to an activating group) is 1. The number of nitrogens with one attached hydrogen (secondary N) is 1. The average molecular weight is 746 g/mol. The molecule has 0 aromatic heterocycles. The molecule has 298 valence electrons. The van der Waals surface area contributed by atoms with Crippen LogP contribution in [0.4, 0.5) is 0 Å². The first-order valence-corrected chi connectivity index (χ1v) is 20.6. The molecule has 4 N–H and O–H groups in total. The standard InChI is InChI=1S/C41H63NO11/c1-21-5-6-25-7-9-32-22(2)13-27(49-32)11-12-41(46)19-31(45)28-17-30-37(28)52-33-10-8-26(50-40(33)39(30)53-41)14-23(43)15-29-35(18-34(21)48-25)51-36(38(29)47-4)16-24(44)20-42-3/h24-40,42,44-46H,1-2,5-20H2,3-4H3/t24-,25+,26+,27-,28-,29-,30?,31+,32-,33-,34+,35-,36+,37-,38+,39+,40-,41-/m0/s1. The van der Waals surface area contributed by atoms with Gasteiger partial charge in [0.1, 0.15) is 11.9 Å². The van der Waals surface area contributed by atoms with E-state index in [4.69, 9.17) is 33.2 Å². The van der Waals surface area contributed by atoms with Gasteiger partial charge < -0.3 is 53.8 Å². The second-order valence-electron chi connectivity index (χ2n) is 17.7. The molecule has 1 saturated carbocycles. The predicted molar refractivity (Wildman–Crippen MR) is 193 cm³/mol. The zero-order valence-corrected chi connectivity index (χ0v) is 31.7. The van der Waals surface area contributed by atoms with E-state index in [9.17, 15) is 20.1 Å². The third-order valence-corrected chi connectivity index (χ3v) is 14.0. The van der Waals surface area contributed by atoms with Crippen molar-refractivity contribution < 1.29 is 53.3 Å². The highest BCUT2D eigenvalue weighted by atomic mass is 16.7. The van der Waals surface area contributed by atoms with Crippen molar-refractivity contribution in [3.8, 4) is 0 Å². The van der Waals surface area contributed by atoms with Gasteiger partial charge in [0.2, 0.25) is 0 Å². The number of ether oxygens (including phenoxy) is 7. The summed E-state index contributed by atoms with van der Waals surface area (Å²) in [7, 11) is 3.47. The Morgan fingerprint density at radius 2 is 1.62 bits per heavy atom. The summed E-state index contributed by atoms with van der Waals surface area (Å²) in [4.78, 5) is 14.1. The van der Waals surface area contributed by atoms with Crippen LogP contribution in [-0.4, -0.2) is 133 Å². The van der Waals surface area contributed by atoms with Gasteiger partial charge in [0.25, 0.3) is 0 Å². The highest BCUT2D eigenvalue weighted by Crippen LogP contribution is 2.54. The molecule has 53 heavy (non-hydrogen) atoms. The number of fused-ring (bicyclic) bond motifs is 7. The molecular weight excluding hydrogens is 682 g/mol. The van der Waals surface area contributed by atoms with Gasteiger partial charge in [-0.3, -0.25) is 4.79 Å². The monoisotopic (exact) mass is 745 g/mol. The van der Waals surface area contributed by atoms with Crippen LogP contribution in [0.3, 0.4) is 0 Å². The number of carbonyl (C=O) groups excluding carboxylic acids is 1. The van der Waals surface area contributed by atoms with Crippen LogP contribution in [0.2, 0.25) is 0 Å². The fourth-order valence-electron chi connectivity index (χ4n) is 11.2. The molecule has 1 aliphatic carbocycles. The van der Waals surface area contributed by atoms with Gasteiger partial charge in [0.15, 0.2) is 5.79 Å². The second-order valence-corrected chi connectivity index (χ2v) is 17.7. The Kier molecular flexibility index (Phi) is 11.6. The molecule has 9 rings (SSSR count). The van der Waals surface area contributed by atoms with Crippen molar-refractivity contribution in [1.82, 2.24) is 5.32 Å². The number of hydrogen-bond acceptors (Lipinski definition) is 12. The van der Waals surface area contributed by atoms with Gasteiger partial charge in [0, 0.05) is 69.9 Å². The summed E-state index contributed by atoms with van der Waals surface area (Å²) >= 11 is 0. The number of methoxy groups -OCH3 is 1. The zero-order valence-electron chi connectivity index (χ0n) is 31.7. The average Bonchev–Trinajstić information content (AvgIpc) is 3.62. The molecule has 11 bridgehead atoms. The lowest BCUT2D eigenvalue weighted by molar-refractivity contribution is -0.369. The van der Waals surface area contributed by atoms with E-state index < -0.39 is 30.2 Å². The van der Waals surface area contributed by atoms with Crippen molar-refractivity contribution in [2.45, 2.75) is 188 Å². The van der Waals surface area contributed by atoms with Crippen LogP contribution >= 0.6 is 0 Å². The van der Waals surface area contributed by atoms with E-state index in [-0.39, 0.29) is 104 Å². The normalized spacial score (nSPS) is 49.6. The number of ketones is 1. The molecule has 1 unspecified atom stereocenters. The third kappa shape index (κ3) is 7.99. The maximum atomic E-state index is 14.1. The molecule has 0 radical (unpaired) electrons. The Bertz CT molecular complexity index is 1350. The van der Waals surface area contributed by atoms with Crippen molar-refractivity contribution in [2.24, 2.45) is 17.8 Å². The smallest absolute Gasteiger partial charge is 0.168 e. The van der Waals surface area contributed by atoms with Crippen LogP contribution in [0.5, 0.6) is 0 Å². The first-order valence-electron chi connectivity index (χ1n) is 20.6. The van der Waals surface area contributed by atoms with Gasteiger partial charge >= 0.3 is 0 Å². The number of Topliss-reactive ketones (excluding diaryl/α,β-unsaturated/α-hetero) is 1. The van der Waals surface area contributed by atoms with Gasteiger partial charge in [-0.2, -0.15) is 0 Å². The zero-order chi connectivity index (χ0) is 37.0. The van der Waals surface area contributed by atoms with Crippen LogP contribution < -0.4 is 5.32 Å². The fourth-order valence-corrected chi connectivity index (χ4v) is 11.2. The molecule has 8 saturated heterocycles. The van der Waals surface area contributed by atoms with Crippen molar-refractivity contribution in [1.29, 1.82) is 0 Å². The van der Waals surface area contributed by atoms with E-state index in [1.165, 1.54) is 0 Å². The predicted octanol–water partition coefficient (Wildman–Crippen LogP) is 3.28. The Morgan fingerprint density at radius 1 is 0.830 bits per heavy atom. The van der Waals surface area contributed by atoms with E-state index in [1.807, 2.05) is 7.05 Å². The van der Waals surface area contributed by atoms with Crippen molar-refractivity contribution in [3.63, 3.8) is 0 Å². The first kappa shape index (κ1) is 38.6. The molecule has 18 atom stereocenters. The maximum Gasteiger partial charge on any atom is 0.168 e. The Balaban J connectivity index is 1.05. The molecule has 12 nitrogen and oxygen atoms in total. The minimum Gasteiger partial charge on any atom is -0.393 e. The molecule has 0 spiro atoms. The summed E-state index contributed by atoms with van der Waals surface area (Å²) < 4.78 is 46.1. The number of rotatable bonds is 5. The lowest BCUT2D eigenvalue weighted by atomic mass is 9.61. The van der Waals surface area contributed by atoms with E-state index in [0.29, 0.717) is 38.6 Å². The summed E-state index contributed by atoms with van der Waals surface area (Å²) in [6.07, 6.45) is 4.59. The van der Waals surface area contributed by atoms with Crippen molar-refractivity contribution in [2.75, 3.05) is 20.7 Å². The second kappa shape index (κ2) is 15.9. The Labute approximate surface area is 314 Å². The Hall–Kier alpha value is -1.29. The molecule has 9 fully saturated rings. The quantitative estimate of drug-likeness (QED) is 0.306. The number of aliphatic hydroxyl groups is 3. The summed E-state index contributed by atoms with van der Waals surface area (Å²) in [5.41, 5.74) is 2.11. The van der Waals surface area contributed by atoms with E-state index in [1.54, 1.807) is 7.11 Å². The third-order valence-electron chi connectivity index (χ3n) is 14.0. The van der Waals surface area contributed by atoms with Crippen LogP contribution in [0, 0.1) is 17.8 Å². The molecular formula is C41H63NO11. The fraction of sp³-hybridized carbons (Fsp3) is 0.878. The van der Waals surface area contributed by atoms with Crippen LogP contribution in [0.25, 0.3) is 0 Å². The van der Waals surface area contributed by atoms with Gasteiger partial charge in [0.05, 0.1) is 79.4 Å². The lowest BCUT2D eigenvalue weighted by Gasteiger charge is -2.61. The van der Waals surface area contributed by atoms with Gasteiger partial charge in [-0.1, -0.05) is 13.2 Å². The molecule has 0 amide bonds. The molecule has 0 aromatic rings. The van der Waals surface area contributed by atoms with Crippen LogP contribution in [0.1, 0.15) is 96.3 Å². The van der Waals surface area contributed by atoms with Gasteiger partial charge in [-0.05, 0) is 76.0 Å². The largest absolute Gasteiger partial charge is 0.393 e. The topological polar surface area (TPSA) is 154 Å². The Morgan fingerprint density at radius 3 is 2.43 bits per heavy atom. The van der Waals surface area contributed by atoms with E-state index >= 15 is 0 Å². The number of hydrogen-bond donors (Lipinski definition) is 4. The number of aliphatic hydroxyl groups excluding tert-OH is 2. The highest BCUT2D eigenvalue weighted by Gasteiger charge is 2.62. The maximum absolute atomic E-state index is 14.1.